The molecule has 0 bridgehead atoms. The van der Waals surface area contributed by atoms with Crippen LogP contribution < -0.4 is 29.6 Å². The predicted octanol–water partition coefficient (Wildman–Crippen LogP) is 3.28. The van der Waals surface area contributed by atoms with Crippen LogP contribution in [0.3, 0.4) is 0 Å². The van der Waals surface area contributed by atoms with E-state index >= 15 is 0 Å². The van der Waals surface area contributed by atoms with Crippen LogP contribution in [0.5, 0.6) is 0 Å². The molecule has 0 unspecified atom stereocenters. The van der Waals surface area contributed by atoms with Gasteiger partial charge in [-0.15, -0.1) is 0 Å². The molecule has 0 radical (unpaired) electrons. The molecule has 2 aromatic carbocycles. The molecule has 8 heteroatoms. The molecular formula is C22H22ClF2N4Na. The monoisotopic (exact) mass is 438 g/mol. The smallest absolute Gasteiger partial charge is 1.00 e. The summed E-state index contributed by atoms with van der Waals surface area (Å²) in [5, 5.41) is 4.98. The van der Waals surface area contributed by atoms with Crippen molar-refractivity contribution in [3.05, 3.63) is 58.2 Å². The van der Waals surface area contributed by atoms with Gasteiger partial charge in [0, 0.05) is 18.0 Å². The van der Waals surface area contributed by atoms with Crippen molar-refractivity contribution in [2.24, 2.45) is 7.05 Å². The van der Waals surface area contributed by atoms with Crippen LogP contribution in [-0.4, -0.2) is 19.7 Å². The molecule has 0 saturated carbocycles. The maximum absolute atomic E-state index is 14.2. The number of benzene rings is 2. The first-order valence-electron chi connectivity index (χ1n) is 9.26. The van der Waals surface area contributed by atoms with E-state index in [2.05, 4.69) is 35.8 Å². The van der Waals surface area contributed by atoms with Gasteiger partial charge in [0.25, 0.3) is 0 Å². The SMILES string of the molecule is Cc1c(C(C)(C)C)nn(C)c1-c1nc2c(Cl)cc(-c3c(F)cccc3F)cc2[nH]1.[H-].[Na+]. The molecule has 0 spiro atoms. The van der Waals surface area contributed by atoms with Crippen molar-refractivity contribution in [1.29, 1.82) is 0 Å². The van der Waals surface area contributed by atoms with Crippen LogP contribution in [0.15, 0.2) is 30.3 Å². The van der Waals surface area contributed by atoms with Crippen LogP contribution in [0.25, 0.3) is 33.7 Å². The van der Waals surface area contributed by atoms with Crippen LogP contribution in [0.4, 0.5) is 8.78 Å². The van der Waals surface area contributed by atoms with Gasteiger partial charge in [-0.25, -0.2) is 13.8 Å². The Hall–Kier alpha value is -1.73. The minimum Gasteiger partial charge on any atom is -1.00 e. The van der Waals surface area contributed by atoms with E-state index in [0.29, 0.717) is 27.4 Å². The summed E-state index contributed by atoms with van der Waals surface area (Å²) in [4.78, 5) is 7.89. The minimum atomic E-state index is -0.641. The van der Waals surface area contributed by atoms with E-state index in [9.17, 15) is 8.78 Å². The van der Waals surface area contributed by atoms with Crippen molar-refractivity contribution in [2.75, 3.05) is 0 Å². The summed E-state index contributed by atoms with van der Waals surface area (Å²) in [6.07, 6.45) is 0. The van der Waals surface area contributed by atoms with Crippen LogP contribution in [0.1, 0.15) is 33.5 Å². The van der Waals surface area contributed by atoms with Gasteiger partial charge in [0.2, 0.25) is 0 Å². The van der Waals surface area contributed by atoms with E-state index in [1.807, 2.05) is 14.0 Å². The number of aromatic amines is 1. The van der Waals surface area contributed by atoms with Gasteiger partial charge in [-0.05, 0) is 36.8 Å². The van der Waals surface area contributed by atoms with Crippen molar-refractivity contribution >= 4 is 22.6 Å². The first-order valence-corrected chi connectivity index (χ1v) is 9.64. The Morgan fingerprint density at radius 3 is 2.33 bits per heavy atom. The van der Waals surface area contributed by atoms with Crippen LogP contribution in [-0.2, 0) is 12.5 Å². The van der Waals surface area contributed by atoms with Gasteiger partial charge < -0.3 is 6.41 Å². The molecule has 0 aliphatic rings. The molecule has 4 nitrogen and oxygen atoms in total. The second-order valence-corrected chi connectivity index (χ2v) is 8.64. The molecule has 152 valence electrons. The van der Waals surface area contributed by atoms with Crippen molar-refractivity contribution in [1.82, 2.24) is 19.7 Å². The summed E-state index contributed by atoms with van der Waals surface area (Å²) in [6, 6.07) is 6.98. The minimum absolute atomic E-state index is 0. The summed E-state index contributed by atoms with van der Waals surface area (Å²) in [5.74, 6) is -0.675. The van der Waals surface area contributed by atoms with E-state index < -0.39 is 11.6 Å². The Morgan fingerprint density at radius 2 is 1.77 bits per heavy atom. The third kappa shape index (κ3) is 3.82. The average molecular weight is 439 g/mol. The zero-order chi connectivity index (χ0) is 21.1. The largest absolute Gasteiger partial charge is 1.00 e. The van der Waals surface area contributed by atoms with Crippen molar-refractivity contribution in [3.63, 3.8) is 0 Å². The Labute approximate surface area is 202 Å². The molecule has 4 rings (SSSR count). The van der Waals surface area contributed by atoms with Crippen LogP contribution >= 0.6 is 11.6 Å². The van der Waals surface area contributed by atoms with Crippen molar-refractivity contribution in [3.8, 4) is 22.6 Å². The third-order valence-corrected chi connectivity index (χ3v) is 5.30. The average Bonchev–Trinajstić information content (AvgIpc) is 3.15. The Bertz CT molecular complexity index is 1240. The van der Waals surface area contributed by atoms with Gasteiger partial charge in [0.1, 0.15) is 22.8 Å². The number of nitrogens with one attached hydrogen (secondary N) is 1. The van der Waals surface area contributed by atoms with E-state index in [0.717, 1.165) is 17.0 Å². The van der Waals surface area contributed by atoms with E-state index in [1.54, 1.807) is 10.7 Å². The predicted molar refractivity (Wildman–Crippen MR) is 113 cm³/mol. The number of halogens is 3. The van der Waals surface area contributed by atoms with Gasteiger partial charge in [0.05, 0.1) is 21.8 Å². The second kappa shape index (κ2) is 8.08. The molecule has 0 aliphatic heterocycles. The number of aryl methyl sites for hydroxylation is 1. The normalized spacial score (nSPS) is 11.7. The van der Waals surface area contributed by atoms with Gasteiger partial charge in [-0.1, -0.05) is 38.4 Å². The maximum atomic E-state index is 14.2. The summed E-state index contributed by atoms with van der Waals surface area (Å²) >= 11 is 6.43. The number of imidazole rings is 1. The summed E-state index contributed by atoms with van der Waals surface area (Å²) in [7, 11) is 1.87. The molecule has 0 fully saturated rings. The van der Waals surface area contributed by atoms with Gasteiger partial charge in [0.15, 0.2) is 5.82 Å². The fourth-order valence-corrected chi connectivity index (χ4v) is 4.04. The Kier molecular flexibility index (Phi) is 6.18. The molecule has 0 saturated heterocycles. The fourth-order valence-electron chi connectivity index (χ4n) is 3.78. The van der Waals surface area contributed by atoms with E-state index in [1.165, 1.54) is 24.3 Å². The van der Waals surface area contributed by atoms with Crippen molar-refractivity contribution < 1.29 is 39.8 Å². The first-order chi connectivity index (χ1) is 13.6. The standard InChI is InChI=1S/C22H21ClF2N4.Na.H/c1-11-19(29(5)28-20(11)22(2,3)4)21-26-16-10-12(9-13(23)18(16)27-21)17-14(24)7-6-8-15(17)25;;/h6-10H,1-5H3,(H,26,27);;/q;+1;-1. The topological polar surface area (TPSA) is 46.5 Å². The van der Waals surface area contributed by atoms with Crippen molar-refractivity contribution in [2.45, 2.75) is 33.1 Å². The number of H-pyrrole nitrogens is 1. The number of nitrogens with zero attached hydrogens (tertiary/aromatic N) is 3. The zero-order valence-corrected chi connectivity index (χ0v) is 20.6. The van der Waals surface area contributed by atoms with Gasteiger partial charge >= 0.3 is 29.6 Å². The fraction of sp³-hybridized carbons (Fsp3) is 0.273. The maximum Gasteiger partial charge on any atom is 1.00 e. The molecule has 0 atom stereocenters. The molecule has 2 heterocycles. The quantitative estimate of drug-likeness (QED) is 0.488. The number of hydrogen-bond donors (Lipinski definition) is 1. The molecule has 0 amide bonds. The van der Waals surface area contributed by atoms with Crippen LogP contribution in [0, 0.1) is 18.6 Å². The zero-order valence-electron chi connectivity index (χ0n) is 18.9. The summed E-state index contributed by atoms with van der Waals surface area (Å²) in [5.41, 5.74) is 4.12. The van der Waals surface area contributed by atoms with Crippen LogP contribution in [0.2, 0.25) is 5.02 Å². The van der Waals surface area contributed by atoms with E-state index in [4.69, 9.17) is 11.6 Å². The first kappa shape index (κ1) is 22.9. The second-order valence-electron chi connectivity index (χ2n) is 8.23. The van der Waals surface area contributed by atoms with Gasteiger partial charge in [-0.3, -0.25) is 4.68 Å². The Balaban J connectivity index is 0.00000171. The number of hydrogen-bond acceptors (Lipinski definition) is 2. The number of fused-ring (bicyclic) bond motifs is 1. The number of aromatic nitrogens is 4. The molecule has 30 heavy (non-hydrogen) atoms. The summed E-state index contributed by atoms with van der Waals surface area (Å²) < 4.78 is 30.3. The molecule has 0 aliphatic carbocycles. The molecule has 4 aromatic rings. The molecule has 1 N–H and O–H groups in total. The third-order valence-electron chi connectivity index (χ3n) is 5.01. The summed E-state index contributed by atoms with van der Waals surface area (Å²) in [6.45, 7) is 8.34. The van der Waals surface area contributed by atoms with Gasteiger partial charge in [-0.2, -0.15) is 5.10 Å². The number of rotatable bonds is 2. The molecule has 2 aromatic heterocycles. The Morgan fingerprint density at radius 1 is 1.13 bits per heavy atom. The molecular weight excluding hydrogens is 417 g/mol. The van der Waals surface area contributed by atoms with E-state index in [-0.39, 0.29) is 42.0 Å².